The number of nitrogens with zero attached hydrogens (tertiary/aromatic N) is 2. The van der Waals surface area contributed by atoms with Crippen LogP contribution in [0.2, 0.25) is 0 Å². The lowest BCUT2D eigenvalue weighted by molar-refractivity contribution is 1.21. The summed E-state index contributed by atoms with van der Waals surface area (Å²) in [6.45, 7) is 8.46. The summed E-state index contributed by atoms with van der Waals surface area (Å²) in [4.78, 5) is 4.79. The Labute approximate surface area is 408 Å². The molecule has 0 fully saturated rings. The van der Waals surface area contributed by atoms with Gasteiger partial charge in [-0.1, -0.05) is 188 Å². The predicted molar refractivity (Wildman–Crippen MR) is 293 cm³/mol. The van der Waals surface area contributed by atoms with Crippen molar-refractivity contribution in [2.24, 2.45) is 0 Å². The number of anilines is 6. The van der Waals surface area contributed by atoms with Crippen LogP contribution < -0.4 is 46.9 Å². The van der Waals surface area contributed by atoms with Crippen LogP contribution in [0.1, 0.15) is 29.1 Å². The first-order valence-electron chi connectivity index (χ1n) is 26.1. The second-order valence-electron chi connectivity index (χ2n) is 18.6. The molecule has 3 heterocycles. The molecule has 68 heavy (non-hydrogen) atoms. The Morgan fingerprint density at radius 3 is 1.69 bits per heavy atom. The van der Waals surface area contributed by atoms with Crippen molar-refractivity contribution in [3.05, 3.63) is 247 Å². The zero-order chi connectivity index (χ0) is 50.0. The topological polar surface area (TPSA) is 6.48 Å². The second-order valence-corrected chi connectivity index (χ2v) is 22.4. The van der Waals surface area contributed by atoms with Gasteiger partial charge < -0.3 is 9.80 Å². The number of rotatable bonds is 6. The van der Waals surface area contributed by atoms with E-state index >= 15 is 0 Å². The minimum Gasteiger partial charge on any atom is -0.311 e. The molecule has 0 aromatic heterocycles. The zero-order valence-electron chi connectivity index (χ0n) is 43.4. The first kappa shape index (κ1) is 35.3. The predicted octanol–water partition coefficient (Wildman–Crippen LogP) is 11.7. The van der Waals surface area contributed by atoms with Crippen LogP contribution in [-0.2, 0) is 0 Å². The Kier molecular flexibility index (Phi) is 8.09. The maximum atomic E-state index is 9.45. The van der Waals surface area contributed by atoms with Gasteiger partial charge in [0.15, 0.2) is 8.07 Å². The lowest BCUT2D eigenvalue weighted by atomic mass is 9.33. The van der Waals surface area contributed by atoms with E-state index in [-0.39, 0.29) is 36.4 Å². The highest BCUT2D eigenvalue weighted by Crippen LogP contribution is 2.48. The maximum Gasteiger partial charge on any atom is 0.252 e. The van der Waals surface area contributed by atoms with Gasteiger partial charge in [0, 0.05) is 28.4 Å². The molecule has 10 aromatic carbocycles. The van der Waals surface area contributed by atoms with E-state index in [1.807, 2.05) is 0 Å². The normalized spacial score (nSPS) is 14.6. The van der Waals surface area contributed by atoms with E-state index in [1.54, 1.807) is 0 Å². The lowest BCUT2D eigenvalue weighted by Gasteiger charge is -2.45. The van der Waals surface area contributed by atoms with Gasteiger partial charge in [-0.15, -0.1) is 0 Å². The van der Waals surface area contributed by atoms with Gasteiger partial charge in [-0.2, -0.15) is 0 Å². The Hall–Kier alpha value is -7.92. The average molecular weight is 890 g/mol. The maximum absolute atomic E-state index is 9.45. The molecule has 0 amide bonds. The monoisotopic (exact) mass is 889 g/mol. The number of para-hydroxylation sites is 2. The van der Waals surface area contributed by atoms with Crippen LogP contribution in [0.5, 0.6) is 0 Å². The lowest BCUT2D eigenvalue weighted by Crippen LogP contribution is -2.72. The molecule has 2 nitrogen and oxygen atoms in total. The third kappa shape index (κ3) is 5.84. The second kappa shape index (κ2) is 15.6. The molecule has 3 aliphatic rings. The Balaban J connectivity index is 1.16. The quantitative estimate of drug-likeness (QED) is 0.154. The van der Waals surface area contributed by atoms with Crippen molar-refractivity contribution in [3.8, 4) is 33.4 Å². The van der Waals surface area contributed by atoms with Gasteiger partial charge >= 0.3 is 0 Å². The molecule has 0 bridgehead atoms. The van der Waals surface area contributed by atoms with Gasteiger partial charge in [0.05, 0.1) is 12.5 Å². The molecule has 3 aliphatic heterocycles. The molecular formula is C64H49BN2Si. The first-order valence-corrected chi connectivity index (χ1v) is 25.6. The zero-order valence-corrected chi connectivity index (χ0v) is 39.4. The Morgan fingerprint density at radius 1 is 0.412 bits per heavy atom. The molecule has 0 spiro atoms. The van der Waals surface area contributed by atoms with Crippen molar-refractivity contribution in [2.75, 3.05) is 9.80 Å². The smallest absolute Gasteiger partial charge is 0.252 e. The largest absolute Gasteiger partial charge is 0.311 e. The average Bonchev–Trinajstić information content (AvgIpc) is 3.71. The van der Waals surface area contributed by atoms with Crippen LogP contribution in [0.3, 0.4) is 0 Å². The summed E-state index contributed by atoms with van der Waals surface area (Å²) < 4.78 is 45.4. The van der Waals surface area contributed by atoms with Crippen LogP contribution >= 0.6 is 0 Å². The SMILES string of the molecule is [2H]c1c([2H])c([2H])c(-c2cc3c4c(c2)N(c2c(C)cccc2C)c2cc(-c5c(C)cccc5C)ccc2B4c2ccccc2N3c2ccc3c(c2)[Si](c2ccccc2)(c2ccccc2)c2ccccc2-3)c([2H])c1[2H]. The van der Waals surface area contributed by atoms with Gasteiger partial charge in [-0.05, 0) is 157 Å². The van der Waals surface area contributed by atoms with E-state index in [0.29, 0.717) is 5.56 Å². The number of hydrogen-bond donors (Lipinski definition) is 0. The van der Waals surface area contributed by atoms with Crippen LogP contribution in [0, 0.1) is 27.7 Å². The van der Waals surface area contributed by atoms with Gasteiger partial charge in [0.2, 0.25) is 0 Å². The summed E-state index contributed by atoms with van der Waals surface area (Å²) in [6, 6.07) is 69.3. The summed E-state index contributed by atoms with van der Waals surface area (Å²) in [7, 11) is -2.92. The fourth-order valence-corrected chi connectivity index (χ4v) is 17.4. The first-order chi connectivity index (χ1) is 35.5. The number of fused-ring (bicyclic) bond motifs is 7. The van der Waals surface area contributed by atoms with E-state index in [4.69, 9.17) is 4.11 Å². The highest BCUT2D eigenvalue weighted by Gasteiger charge is 2.50. The minimum atomic E-state index is -2.92. The highest BCUT2D eigenvalue weighted by molar-refractivity contribution is 7.22. The molecule has 0 unspecified atom stereocenters. The van der Waals surface area contributed by atoms with E-state index in [0.717, 1.165) is 67.2 Å². The van der Waals surface area contributed by atoms with Crippen molar-refractivity contribution in [1.82, 2.24) is 0 Å². The Bertz CT molecular complexity index is 3840. The van der Waals surface area contributed by atoms with Crippen molar-refractivity contribution in [2.45, 2.75) is 27.7 Å². The fourth-order valence-electron chi connectivity index (χ4n) is 12.2. The Morgan fingerprint density at radius 2 is 0.985 bits per heavy atom. The van der Waals surface area contributed by atoms with E-state index in [9.17, 15) is 2.74 Å². The molecule has 0 aliphatic carbocycles. The summed E-state index contributed by atoms with van der Waals surface area (Å²) in [5.74, 6) is 0. The third-order valence-electron chi connectivity index (χ3n) is 14.9. The number of hydrogen-bond acceptors (Lipinski definition) is 2. The molecule has 0 saturated heterocycles. The van der Waals surface area contributed by atoms with Crippen molar-refractivity contribution in [3.63, 3.8) is 0 Å². The van der Waals surface area contributed by atoms with Crippen molar-refractivity contribution < 1.29 is 6.85 Å². The van der Waals surface area contributed by atoms with Gasteiger partial charge in [0.1, 0.15) is 0 Å². The van der Waals surface area contributed by atoms with Gasteiger partial charge in [0.25, 0.3) is 6.71 Å². The van der Waals surface area contributed by atoms with Crippen molar-refractivity contribution >= 4 is 86.0 Å². The number of aryl methyl sites for hydroxylation is 4. The van der Waals surface area contributed by atoms with E-state index in [1.165, 1.54) is 48.6 Å². The van der Waals surface area contributed by atoms with Crippen LogP contribution in [0.4, 0.5) is 34.1 Å². The molecule has 0 saturated carbocycles. The summed E-state index contributed by atoms with van der Waals surface area (Å²) >= 11 is 0. The molecule has 13 rings (SSSR count). The molecule has 322 valence electrons. The summed E-state index contributed by atoms with van der Waals surface area (Å²) in [5.41, 5.74) is 19.4. The standard InChI is InChI=1S/C64H49BN2Si/c1-42-20-18-21-43(2)62(42)47-34-37-55-57(38-47)67(64-44(3)22-19-23-45(64)4)59-40-48(46-24-8-5-9-25-46)39-58-63(59)65(55)54-31-15-16-32-56(54)66(58)49-35-36-53-52-30-14-17-33-60(52)68(61(53)41-49,50-26-10-6-11-27-50)51-28-12-7-13-29-51/h5-41H,1-4H3/i5D,8D,9D,24D,25D. The van der Waals surface area contributed by atoms with Crippen LogP contribution in [0.15, 0.2) is 224 Å². The summed E-state index contributed by atoms with van der Waals surface area (Å²) in [6.07, 6.45) is 0. The molecule has 0 atom stereocenters. The molecule has 4 heteroatoms. The van der Waals surface area contributed by atoms with Gasteiger partial charge in [-0.25, -0.2) is 0 Å². The van der Waals surface area contributed by atoms with E-state index < -0.39 is 14.1 Å². The molecule has 0 N–H and O–H groups in total. The highest BCUT2D eigenvalue weighted by atomic mass is 28.3. The van der Waals surface area contributed by atoms with Gasteiger partial charge in [-0.3, -0.25) is 0 Å². The molecular weight excluding hydrogens is 836 g/mol. The van der Waals surface area contributed by atoms with Crippen LogP contribution in [-0.4, -0.2) is 14.8 Å². The van der Waals surface area contributed by atoms with E-state index in [2.05, 4.69) is 232 Å². The summed E-state index contributed by atoms with van der Waals surface area (Å²) in [5, 5.41) is 5.29. The number of benzene rings is 10. The molecule has 0 radical (unpaired) electrons. The molecule has 10 aromatic rings. The van der Waals surface area contributed by atoms with Crippen molar-refractivity contribution in [1.29, 1.82) is 0 Å². The third-order valence-corrected chi connectivity index (χ3v) is 19.8. The minimum absolute atomic E-state index is 0.168. The van der Waals surface area contributed by atoms with Crippen LogP contribution in [0.25, 0.3) is 33.4 Å². The fraction of sp³-hybridized carbons (Fsp3) is 0.0625.